The molecule has 0 bridgehead atoms. The molecule has 0 aromatic heterocycles. The normalized spacial score (nSPS) is 20.1. The van der Waals surface area contributed by atoms with Gasteiger partial charge in [0.05, 0.1) is 5.56 Å². The van der Waals surface area contributed by atoms with Crippen molar-refractivity contribution in [2.24, 2.45) is 11.8 Å². The third kappa shape index (κ3) is 3.71. The number of hydrogen-bond donors (Lipinski definition) is 0. The fraction of sp³-hybridized carbons (Fsp3) is 0.562. The fourth-order valence-corrected chi connectivity index (χ4v) is 3.53. The zero-order valence-corrected chi connectivity index (χ0v) is 14.2. The SMILES string of the molecule is CC(C)C1CCCN(C(=O)c2ccc(F)cc2I)CC1. The highest BCUT2D eigenvalue weighted by atomic mass is 127. The van der Waals surface area contributed by atoms with Crippen LogP contribution in [0.3, 0.4) is 0 Å². The molecule has 1 aliphatic heterocycles. The molecule has 20 heavy (non-hydrogen) atoms. The van der Waals surface area contributed by atoms with Crippen LogP contribution in [0.2, 0.25) is 0 Å². The van der Waals surface area contributed by atoms with E-state index in [1.807, 2.05) is 27.5 Å². The summed E-state index contributed by atoms with van der Waals surface area (Å²) in [5, 5.41) is 0. The van der Waals surface area contributed by atoms with Gasteiger partial charge in [0.25, 0.3) is 5.91 Å². The van der Waals surface area contributed by atoms with Crippen LogP contribution < -0.4 is 0 Å². The molecule has 0 aliphatic carbocycles. The molecule has 1 aliphatic rings. The molecule has 2 rings (SSSR count). The smallest absolute Gasteiger partial charge is 0.254 e. The van der Waals surface area contributed by atoms with Crippen molar-refractivity contribution < 1.29 is 9.18 Å². The number of amides is 1. The van der Waals surface area contributed by atoms with E-state index in [1.54, 1.807) is 6.07 Å². The van der Waals surface area contributed by atoms with Crippen molar-refractivity contribution in [2.45, 2.75) is 33.1 Å². The summed E-state index contributed by atoms with van der Waals surface area (Å²) in [5.74, 6) is 1.14. The van der Waals surface area contributed by atoms with Gasteiger partial charge in [0.1, 0.15) is 5.82 Å². The monoisotopic (exact) mass is 389 g/mol. The van der Waals surface area contributed by atoms with Gasteiger partial charge in [-0.2, -0.15) is 0 Å². The van der Waals surface area contributed by atoms with Crippen LogP contribution in [-0.4, -0.2) is 23.9 Å². The second kappa shape index (κ2) is 6.87. The Kier molecular flexibility index (Phi) is 5.41. The third-order valence-corrected chi connectivity index (χ3v) is 5.06. The lowest BCUT2D eigenvalue weighted by Gasteiger charge is -2.22. The molecule has 0 radical (unpaired) electrons. The first-order valence-corrected chi connectivity index (χ1v) is 8.31. The minimum absolute atomic E-state index is 0.0406. The Morgan fingerprint density at radius 3 is 2.75 bits per heavy atom. The fourth-order valence-electron chi connectivity index (χ4n) is 2.83. The summed E-state index contributed by atoms with van der Waals surface area (Å²) in [6, 6.07) is 4.39. The zero-order valence-electron chi connectivity index (χ0n) is 12.0. The van der Waals surface area contributed by atoms with Crippen molar-refractivity contribution in [2.75, 3.05) is 13.1 Å². The number of benzene rings is 1. The predicted octanol–water partition coefficient (Wildman–Crippen LogP) is 4.33. The van der Waals surface area contributed by atoms with Gasteiger partial charge in [-0.1, -0.05) is 13.8 Å². The highest BCUT2D eigenvalue weighted by molar-refractivity contribution is 14.1. The van der Waals surface area contributed by atoms with E-state index in [-0.39, 0.29) is 11.7 Å². The maximum absolute atomic E-state index is 13.1. The molecular weight excluding hydrogens is 368 g/mol. The molecule has 110 valence electrons. The summed E-state index contributed by atoms with van der Waals surface area (Å²) >= 11 is 2.03. The van der Waals surface area contributed by atoms with Crippen LogP contribution in [0.1, 0.15) is 43.5 Å². The summed E-state index contributed by atoms with van der Waals surface area (Å²) in [5.41, 5.74) is 0.620. The molecule has 1 saturated heterocycles. The molecule has 1 fully saturated rings. The topological polar surface area (TPSA) is 20.3 Å². The Morgan fingerprint density at radius 2 is 2.10 bits per heavy atom. The van der Waals surface area contributed by atoms with Crippen molar-refractivity contribution in [3.05, 3.63) is 33.1 Å². The van der Waals surface area contributed by atoms with Crippen LogP contribution in [0, 0.1) is 21.2 Å². The van der Waals surface area contributed by atoms with Crippen molar-refractivity contribution in [1.29, 1.82) is 0 Å². The van der Waals surface area contributed by atoms with E-state index in [4.69, 9.17) is 0 Å². The van der Waals surface area contributed by atoms with E-state index in [1.165, 1.54) is 18.6 Å². The number of likely N-dealkylation sites (tertiary alicyclic amines) is 1. The second-order valence-electron chi connectivity index (χ2n) is 5.85. The lowest BCUT2D eigenvalue weighted by molar-refractivity contribution is 0.0757. The van der Waals surface area contributed by atoms with Crippen molar-refractivity contribution >= 4 is 28.5 Å². The summed E-state index contributed by atoms with van der Waals surface area (Å²) in [7, 11) is 0. The molecule has 1 aromatic carbocycles. The van der Waals surface area contributed by atoms with E-state index in [0.717, 1.165) is 25.9 Å². The van der Waals surface area contributed by atoms with Crippen LogP contribution in [-0.2, 0) is 0 Å². The molecule has 4 heteroatoms. The Hall–Kier alpha value is -0.650. The standard InChI is InChI=1S/C16H21FINO/c1-11(2)12-4-3-8-19(9-7-12)16(20)14-6-5-13(17)10-15(14)18/h5-6,10-12H,3-4,7-9H2,1-2H3. The van der Waals surface area contributed by atoms with Crippen LogP contribution in [0.15, 0.2) is 18.2 Å². The maximum atomic E-state index is 13.1. The Balaban J connectivity index is 2.09. The van der Waals surface area contributed by atoms with Gasteiger partial charge >= 0.3 is 0 Å². The molecule has 0 spiro atoms. The van der Waals surface area contributed by atoms with Crippen LogP contribution in [0.4, 0.5) is 4.39 Å². The van der Waals surface area contributed by atoms with Crippen LogP contribution in [0.5, 0.6) is 0 Å². The first kappa shape index (κ1) is 15.7. The summed E-state index contributed by atoms with van der Waals surface area (Å²) in [6.45, 7) is 6.14. The molecule has 1 unspecified atom stereocenters. The molecule has 1 aromatic rings. The molecular formula is C16H21FINO. The Labute approximate surface area is 133 Å². The average molecular weight is 389 g/mol. The minimum Gasteiger partial charge on any atom is -0.339 e. The molecule has 0 saturated carbocycles. The lowest BCUT2D eigenvalue weighted by atomic mass is 9.89. The van der Waals surface area contributed by atoms with Gasteiger partial charge in [0.15, 0.2) is 0 Å². The number of halogens is 2. The third-order valence-electron chi connectivity index (χ3n) is 4.16. The minimum atomic E-state index is -0.290. The van der Waals surface area contributed by atoms with Gasteiger partial charge in [-0.25, -0.2) is 4.39 Å². The molecule has 0 N–H and O–H groups in total. The van der Waals surface area contributed by atoms with E-state index >= 15 is 0 Å². The van der Waals surface area contributed by atoms with Gasteiger partial charge < -0.3 is 4.90 Å². The highest BCUT2D eigenvalue weighted by Crippen LogP contribution is 2.26. The lowest BCUT2D eigenvalue weighted by Crippen LogP contribution is -2.32. The summed E-state index contributed by atoms with van der Waals surface area (Å²) in [6.07, 6.45) is 3.33. The molecule has 1 amide bonds. The largest absolute Gasteiger partial charge is 0.339 e. The number of nitrogens with zero attached hydrogens (tertiary/aromatic N) is 1. The first-order chi connectivity index (χ1) is 9.49. The average Bonchev–Trinajstić information content (AvgIpc) is 2.63. The van der Waals surface area contributed by atoms with Gasteiger partial charge in [0, 0.05) is 16.7 Å². The van der Waals surface area contributed by atoms with Gasteiger partial charge in [-0.05, 0) is 71.9 Å². The Morgan fingerprint density at radius 1 is 1.35 bits per heavy atom. The first-order valence-electron chi connectivity index (χ1n) is 7.23. The van der Waals surface area contributed by atoms with Crippen LogP contribution >= 0.6 is 22.6 Å². The van der Waals surface area contributed by atoms with Gasteiger partial charge in [-0.15, -0.1) is 0 Å². The number of carbonyl (C=O) groups is 1. The van der Waals surface area contributed by atoms with Crippen LogP contribution in [0.25, 0.3) is 0 Å². The molecule has 2 nitrogen and oxygen atoms in total. The van der Waals surface area contributed by atoms with Gasteiger partial charge in [-0.3, -0.25) is 4.79 Å². The van der Waals surface area contributed by atoms with Crippen molar-refractivity contribution in [3.63, 3.8) is 0 Å². The number of rotatable bonds is 2. The van der Waals surface area contributed by atoms with Gasteiger partial charge in [0.2, 0.25) is 0 Å². The highest BCUT2D eigenvalue weighted by Gasteiger charge is 2.24. The van der Waals surface area contributed by atoms with Crippen molar-refractivity contribution in [3.8, 4) is 0 Å². The molecule has 1 atom stereocenters. The second-order valence-corrected chi connectivity index (χ2v) is 7.01. The van der Waals surface area contributed by atoms with E-state index < -0.39 is 0 Å². The quantitative estimate of drug-likeness (QED) is 0.690. The van der Waals surface area contributed by atoms with E-state index in [9.17, 15) is 9.18 Å². The number of hydrogen-bond acceptors (Lipinski definition) is 1. The Bertz CT molecular complexity index is 489. The van der Waals surface area contributed by atoms with E-state index in [0.29, 0.717) is 21.0 Å². The summed E-state index contributed by atoms with van der Waals surface area (Å²) < 4.78 is 13.8. The summed E-state index contributed by atoms with van der Waals surface area (Å²) in [4.78, 5) is 14.5. The van der Waals surface area contributed by atoms with Crippen molar-refractivity contribution in [1.82, 2.24) is 4.90 Å². The van der Waals surface area contributed by atoms with E-state index in [2.05, 4.69) is 13.8 Å². The predicted molar refractivity (Wildman–Crippen MR) is 87.2 cm³/mol. The molecule has 1 heterocycles. The number of carbonyl (C=O) groups excluding carboxylic acids is 1. The zero-order chi connectivity index (χ0) is 14.7. The maximum Gasteiger partial charge on any atom is 0.254 e.